The van der Waals surface area contributed by atoms with Gasteiger partial charge in [0.15, 0.2) is 5.82 Å². The Labute approximate surface area is 228 Å². The minimum Gasteiger partial charge on any atom is -0.347 e. The summed E-state index contributed by atoms with van der Waals surface area (Å²) in [5, 5.41) is 16.9. The molecule has 2 aromatic carbocycles. The van der Waals surface area contributed by atoms with Crippen molar-refractivity contribution in [2.75, 3.05) is 17.1 Å². The molecule has 0 fully saturated rings. The Morgan fingerprint density at radius 1 is 1.07 bits per heavy atom. The Balaban J connectivity index is 1.33. The lowest BCUT2D eigenvalue weighted by atomic mass is 10.1. The summed E-state index contributed by atoms with van der Waals surface area (Å²) < 4.78 is 41.3. The standard InChI is InChI=1S/C25H24FN9O4S/c1-14-8-15(4-7-18(14)26)11-27-24(36)19-10-20(29-13-28-19)25(37)30-21-12-35(40(3,38)39)22-9-16(5-6-17(21)22)23-31-32-33-34(23)2/h4-10,13,21H,11-12H2,1-3H3,(H,27,36)(H,30,37). The third-order valence-corrected chi connectivity index (χ3v) is 7.56. The van der Waals surface area contributed by atoms with Crippen LogP contribution in [0.25, 0.3) is 11.4 Å². The molecule has 1 aliphatic heterocycles. The molecule has 40 heavy (non-hydrogen) atoms. The molecule has 2 aromatic heterocycles. The van der Waals surface area contributed by atoms with Gasteiger partial charge in [0.2, 0.25) is 10.0 Å². The quantitative estimate of drug-likeness (QED) is 0.336. The zero-order valence-corrected chi connectivity index (χ0v) is 22.5. The van der Waals surface area contributed by atoms with Crippen LogP contribution >= 0.6 is 0 Å². The second-order valence-corrected chi connectivity index (χ2v) is 11.2. The van der Waals surface area contributed by atoms with E-state index in [-0.39, 0.29) is 30.3 Å². The number of hydrogen-bond donors (Lipinski definition) is 2. The summed E-state index contributed by atoms with van der Waals surface area (Å²) in [6.07, 6.45) is 2.18. The highest BCUT2D eigenvalue weighted by molar-refractivity contribution is 7.92. The minimum absolute atomic E-state index is 0.0318. The molecular formula is C25H24FN9O4S. The van der Waals surface area contributed by atoms with Gasteiger partial charge < -0.3 is 10.6 Å². The number of sulfonamides is 1. The van der Waals surface area contributed by atoms with Crippen molar-refractivity contribution < 1.29 is 22.4 Å². The van der Waals surface area contributed by atoms with Crippen LogP contribution in [0.4, 0.5) is 10.1 Å². The molecule has 0 radical (unpaired) electrons. The van der Waals surface area contributed by atoms with Crippen molar-refractivity contribution in [1.82, 2.24) is 40.8 Å². The van der Waals surface area contributed by atoms with Gasteiger partial charge in [-0.15, -0.1) is 5.10 Å². The summed E-state index contributed by atoms with van der Waals surface area (Å²) in [6, 6.07) is 10.2. The molecule has 0 saturated heterocycles. The number of tetrazole rings is 1. The molecule has 2 amide bonds. The molecule has 2 N–H and O–H groups in total. The van der Waals surface area contributed by atoms with Gasteiger partial charge in [-0.3, -0.25) is 13.9 Å². The Morgan fingerprint density at radius 3 is 2.50 bits per heavy atom. The Hall–Kier alpha value is -4.79. The number of amides is 2. The molecule has 0 bridgehead atoms. The van der Waals surface area contributed by atoms with E-state index in [0.717, 1.165) is 12.6 Å². The fourth-order valence-corrected chi connectivity index (χ4v) is 5.33. The van der Waals surface area contributed by atoms with Crippen LogP contribution in [0.5, 0.6) is 0 Å². The maximum absolute atomic E-state index is 13.5. The van der Waals surface area contributed by atoms with Gasteiger partial charge in [-0.25, -0.2) is 27.5 Å². The Bertz CT molecular complexity index is 1740. The number of rotatable bonds is 7. The van der Waals surface area contributed by atoms with Crippen molar-refractivity contribution in [3.05, 3.63) is 82.7 Å². The van der Waals surface area contributed by atoms with E-state index in [1.165, 1.54) is 21.1 Å². The molecular weight excluding hydrogens is 541 g/mol. The first-order valence-corrected chi connectivity index (χ1v) is 13.9. The lowest BCUT2D eigenvalue weighted by Crippen LogP contribution is -2.35. The van der Waals surface area contributed by atoms with Gasteiger partial charge in [0.05, 0.1) is 24.5 Å². The monoisotopic (exact) mass is 565 g/mol. The van der Waals surface area contributed by atoms with E-state index in [1.54, 1.807) is 44.3 Å². The van der Waals surface area contributed by atoms with Crippen LogP contribution in [0.3, 0.4) is 0 Å². The van der Waals surface area contributed by atoms with E-state index >= 15 is 0 Å². The van der Waals surface area contributed by atoms with E-state index in [1.807, 2.05) is 0 Å². The van der Waals surface area contributed by atoms with Crippen molar-refractivity contribution in [2.24, 2.45) is 7.05 Å². The maximum Gasteiger partial charge on any atom is 0.270 e. The fraction of sp³-hybridized carbons (Fsp3) is 0.240. The van der Waals surface area contributed by atoms with E-state index in [2.05, 4.69) is 36.1 Å². The van der Waals surface area contributed by atoms with E-state index in [0.29, 0.717) is 33.8 Å². The second kappa shape index (κ2) is 10.4. The van der Waals surface area contributed by atoms with E-state index < -0.39 is 27.9 Å². The smallest absolute Gasteiger partial charge is 0.270 e. The first-order chi connectivity index (χ1) is 19.0. The number of halogens is 1. The number of benzene rings is 2. The number of nitrogens with zero attached hydrogens (tertiary/aromatic N) is 7. The third kappa shape index (κ3) is 5.36. The van der Waals surface area contributed by atoms with Crippen LogP contribution in [0, 0.1) is 12.7 Å². The van der Waals surface area contributed by atoms with Crippen LogP contribution in [0.15, 0.2) is 48.8 Å². The Morgan fingerprint density at radius 2 is 1.82 bits per heavy atom. The minimum atomic E-state index is -3.67. The van der Waals surface area contributed by atoms with Crippen LogP contribution in [0.1, 0.15) is 43.7 Å². The summed E-state index contributed by atoms with van der Waals surface area (Å²) in [5.74, 6) is -1.04. The number of aromatic nitrogens is 6. The normalized spacial score (nSPS) is 14.6. The van der Waals surface area contributed by atoms with Gasteiger partial charge in [-0.2, -0.15) is 0 Å². The van der Waals surface area contributed by atoms with Crippen molar-refractivity contribution >= 4 is 27.5 Å². The third-order valence-electron chi connectivity index (χ3n) is 6.41. The van der Waals surface area contributed by atoms with Gasteiger partial charge in [0.25, 0.3) is 11.8 Å². The number of carbonyl (C=O) groups excluding carboxylic acids is 2. The zero-order chi connectivity index (χ0) is 28.6. The molecule has 13 nitrogen and oxygen atoms in total. The SMILES string of the molecule is Cc1cc(CNC(=O)c2cc(C(=O)NC3CN(S(C)(=O)=O)c4cc(-c5nnnn5C)ccc43)ncn2)ccc1F. The first kappa shape index (κ1) is 26.8. The van der Waals surface area contributed by atoms with E-state index in [9.17, 15) is 22.4 Å². The topological polar surface area (TPSA) is 165 Å². The molecule has 3 heterocycles. The molecule has 4 aromatic rings. The number of nitrogens with one attached hydrogen (secondary N) is 2. The summed E-state index contributed by atoms with van der Waals surface area (Å²) >= 11 is 0. The van der Waals surface area contributed by atoms with Crippen molar-refractivity contribution in [3.8, 4) is 11.4 Å². The number of carbonyl (C=O) groups is 2. The number of anilines is 1. The number of fused-ring (bicyclic) bond motifs is 1. The second-order valence-electron chi connectivity index (χ2n) is 9.27. The lowest BCUT2D eigenvalue weighted by molar-refractivity contribution is 0.0934. The summed E-state index contributed by atoms with van der Waals surface area (Å²) in [4.78, 5) is 33.7. The van der Waals surface area contributed by atoms with Gasteiger partial charge in [-0.05, 0) is 40.6 Å². The summed E-state index contributed by atoms with van der Waals surface area (Å²) in [5.41, 5.74) is 2.63. The average molecular weight is 566 g/mol. The number of aryl methyl sites for hydroxylation is 2. The molecule has 1 unspecified atom stereocenters. The number of hydrogen-bond acceptors (Lipinski definition) is 9. The fourth-order valence-electron chi connectivity index (χ4n) is 4.39. The highest BCUT2D eigenvalue weighted by Crippen LogP contribution is 2.39. The Kier molecular flexibility index (Phi) is 6.97. The van der Waals surface area contributed by atoms with Crippen molar-refractivity contribution in [2.45, 2.75) is 19.5 Å². The van der Waals surface area contributed by atoms with Crippen LogP contribution in [-0.2, 0) is 23.6 Å². The van der Waals surface area contributed by atoms with Crippen LogP contribution in [0.2, 0.25) is 0 Å². The predicted octanol–water partition coefficient (Wildman–Crippen LogP) is 1.30. The molecule has 5 rings (SSSR count). The van der Waals surface area contributed by atoms with Gasteiger partial charge in [0, 0.05) is 30.8 Å². The average Bonchev–Trinajstić information content (AvgIpc) is 3.52. The first-order valence-electron chi connectivity index (χ1n) is 12.0. The molecule has 0 saturated carbocycles. The molecule has 1 aliphatic rings. The van der Waals surface area contributed by atoms with Crippen molar-refractivity contribution in [3.63, 3.8) is 0 Å². The molecule has 15 heteroatoms. The molecule has 0 aliphatic carbocycles. The highest BCUT2D eigenvalue weighted by Gasteiger charge is 2.35. The van der Waals surface area contributed by atoms with E-state index in [4.69, 9.17) is 0 Å². The highest BCUT2D eigenvalue weighted by atomic mass is 32.2. The molecule has 1 atom stereocenters. The van der Waals surface area contributed by atoms with Gasteiger partial charge in [-0.1, -0.05) is 24.3 Å². The summed E-state index contributed by atoms with van der Waals surface area (Å²) in [7, 11) is -2.01. The largest absolute Gasteiger partial charge is 0.347 e. The molecule has 0 spiro atoms. The zero-order valence-electron chi connectivity index (χ0n) is 21.7. The maximum atomic E-state index is 13.5. The van der Waals surface area contributed by atoms with Crippen LogP contribution < -0.4 is 14.9 Å². The molecule has 206 valence electrons. The summed E-state index contributed by atoms with van der Waals surface area (Å²) in [6.45, 7) is 1.73. The van der Waals surface area contributed by atoms with Crippen LogP contribution in [-0.4, -0.2) is 63.2 Å². The van der Waals surface area contributed by atoms with Gasteiger partial charge >= 0.3 is 0 Å². The van der Waals surface area contributed by atoms with Gasteiger partial charge in [0.1, 0.15) is 23.5 Å². The lowest BCUT2D eigenvalue weighted by Gasteiger charge is -2.17. The van der Waals surface area contributed by atoms with Crippen molar-refractivity contribution in [1.29, 1.82) is 0 Å². The predicted molar refractivity (Wildman–Crippen MR) is 141 cm³/mol.